The van der Waals surface area contributed by atoms with E-state index in [1.807, 2.05) is 74.5 Å². The Bertz CT molecular complexity index is 1120. The van der Waals surface area contributed by atoms with Crippen molar-refractivity contribution in [3.63, 3.8) is 0 Å². The Hall–Kier alpha value is -3.93. The van der Waals surface area contributed by atoms with Crippen LogP contribution in [-0.4, -0.2) is 34.2 Å². The summed E-state index contributed by atoms with van der Waals surface area (Å²) in [5, 5.41) is 2.91. The molecule has 0 fully saturated rings. The number of carbonyl (C=O) groups excluding carboxylic acids is 3. The van der Waals surface area contributed by atoms with E-state index in [4.69, 9.17) is 0 Å². The highest BCUT2D eigenvalue weighted by Gasteiger charge is 2.35. The fourth-order valence-corrected chi connectivity index (χ4v) is 3.91. The van der Waals surface area contributed by atoms with Crippen LogP contribution in [0.25, 0.3) is 0 Å². The zero-order valence-corrected chi connectivity index (χ0v) is 18.8. The molecule has 4 amide bonds. The van der Waals surface area contributed by atoms with Crippen molar-refractivity contribution in [1.82, 2.24) is 9.80 Å². The van der Waals surface area contributed by atoms with Crippen LogP contribution in [0.4, 0.5) is 10.5 Å². The third-order valence-corrected chi connectivity index (χ3v) is 5.49. The van der Waals surface area contributed by atoms with Gasteiger partial charge in [-0.1, -0.05) is 74.5 Å². The molecule has 1 heterocycles. The Morgan fingerprint density at radius 1 is 0.818 bits per heavy atom. The van der Waals surface area contributed by atoms with Crippen LogP contribution < -0.4 is 5.32 Å². The molecule has 6 heteroatoms. The SMILES string of the molecule is CC(C)CN1C(=O)c2ccc(NC(=O)N(Cc3ccccc3)Cc3ccccc3)cc2C1=O. The number of nitrogens with one attached hydrogen (secondary N) is 1. The molecule has 0 atom stereocenters. The predicted octanol–water partition coefficient (Wildman–Crippen LogP) is 5.17. The number of nitrogens with zero attached hydrogens (tertiary/aromatic N) is 2. The van der Waals surface area contributed by atoms with Crippen LogP contribution in [0, 0.1) is 5.92 Å². The quantitative estimate of drug-likeness (QED) is 0.514. The molecule has 0 aliphatic carbocycles. The zero-order valence-electron chi connectivity index (χ0n) is 18.8. The second-order valence-corrected chi connectivity index (χ2v) is 8.63. The number of carbonyl (C=O) groups is 3. The van der Waals surface area contributed by atoms with E-state index in [-0.39, 0.29) is 23.8 Å². The second-order valence-electron chi connectivity index (χ2n) is 8.63. The van der Waals surface area contributed by atoms with E-state index in [1.165, 1.54) is 4.90 Å². The first-order chi connectivity index (χ1) is 15.9. The van der Waals surface area contributed by atoms with E-state index in [0.717, 1.165) is 11.1 Å². The molecule has 1 aliphatic heterocycles. The van der Waals surface area contributed by atoms with E-state index in [2.05, 4.69) is 5.32 Å². The lowest BCUT2D eigenvalue weighted by Gasteiger charge is -2.23. The summed E-state index contributed by atoms with van der Waals surface area (Å²) < 4.78 is 0. The van der Waals surface area contributed by atoms with Gasteiger partial charge in [0.25, 0.3) is 11.8 Å². The van der Waals surface area contributed by atoms with Crippen LogP contribution in [0.2, 0.25) is 0 Å². The van der Waals surface area contributed by atoms with E-state index in [9.17, 15) is 14.4 Å². The summed E-state index contributed by atoms with van der Waals surface area (Å²) in [5.41, 5.74) is 3.22. The van der Waals surface area contributed by atoms with Gasteiger partial charge in [-0.25, -0.2) is 4.79 Å². The first-order valence-electron chi connectivity index (χ1n) is 11.1. The van der Waals surface area contributed by atoms with Gasteiger partial charge in [0.1, 0.15) is 0 Å². The maximum absolute atomic E-state index is 13.2. The standard InChI is InChI=1S/C27H27N3O3/c1-19(2)16-30-25(31)23-14-13-22(15-24(23)26(30)32)28-27(33)29(17-20-9-5-3-6-10-20)18-21-11-7-4-8-12-21/h3-15,19H,16-18H2,1-2H3,(H,28,33). The highest BCUT2D eigenvalue weighted by molar-refractivity contribution is 6.21. The molecule has 0 spiro atoms. The van der Waals surface area contributed by atoms with Gasteiger partial charge in [0.15, 0.2) is 0 Å². The van der Waals surface area contributed by atoms with Crippen molar-refractivity contribution in [2.24, 2.45) is 5.92 Å². The average Bonchev–Trinajstić information content (AvgIpc) is 3.04. The largest absolute Gasteiger partial charge is 0.322 e. The summed E-state index contributed by atoms with van der Waals surface area (Å²) >= 11 is 0. The van der Waals surface area contributed by atoms with Crippen LogP contribution in [0.15, 0.2) is 78.9 Å². The number of urea groups is 1. The van der Waals surface area contributed by atoms with Crippen molar-refractivity contribution < 1.29 is 14.4 Å². The minimum absolute atomic E-state index is 0.177. The monoisotopic (exact) mass is 441 g/mol. The molecule has 0 bridgehead atoms. The van der Waals surface area contributed by atoms with Gasteiger partial charge < -0.3 is 10.2 Å². The number of hydrogen-bond donors (Lipinski definition) is 1. The van der Waals surface area contributed by atoms with Crippen LogP contribution in [0.3, 0.4) is 0 Å². The summed E-state index contributed by atoms with van der Waals surface area (Å²) in [5.74, 6) is -0.419. The normalized spacial score (nSPS) is 12.8. The summed E-state index contributed by atoms with van der Waals surface area (Å²) in [4.78, 5) is 41.6. The molecular weight excluding hydrogens is 414 g/mol. The van der Waals surface area contributed by atoms with Crippen molar-refractivity contribution in [3.05, 3.63) is 101 Å². The number of hydrogen-bond acceptors (Lipinski definition) is 3. The van der Waals surface area contributed by atoms with Gasteiger partial charge in [-0.05, 0) is 35.2 Å². The van der Waals surface area contributed by atoms with Gasteiger partial charge in [0, 0.05) is 25.3 Å². The maximum atomic E-state index is 13.2. The van der Waals surface area contributed by atoms with Gasteiger partial charge in [0.05, 0.1) is 11.1 Å². The molecule has 4 rings (SSSR count). The Labute approximate surface area is 193 Å². The molecule has 6 nitrogen and oxygen atoms in total. The molecule has 0 radical (unpaired) electrons. The Morgan fingerprint density at radius 2 is 1.36 bits per heavy atom. The van der Waals surface area contributed by atoms with Crippen LogP contribution >= 0.6 is 0 Å². The van der Waals surface area contributed by atoms with Gasteiger partial charge in [-0.15, -0.1) is 0 Å². The smallest absolute Gasteiger partial charge is 0.316 e. The molecule has 0 aromatic heterocycles. The Balaban J connectivity index is 1.54. The summed E-state index contributed by atoms with van der Waals surface area (Å²) in [6.45, 7) is 5.17. The number of fused-ring (bicyclic) bond motifs is 1. The number of rotatable bonds is 7. The minimum atomic E-state index is -0.315. The summed E-state index contributed by atoms with van der Waals surface area (Å²) in [6, 6.07) is 24.2. The molecule has 168 valence electrons. The second kappa shape index (κ2) is 9.69. The molecule has 1 aliphatic rings. The van der Waals surface area contributed by atoms with E-state index >= 15 is 0 Å². The van der Waals surface area contributed by atoms with Gasteiger partial charge in [-0.2, -0.15) is 0 Å². The van der Waals surface area contributed by atoms with Crippen LogP contribution in [-0.2, 0) is 13.1 Å². The molecule has 3 aromatic carbocycles. The molecule has 0 saturated heterocycles. The first-order valence-corrected chi connectivity index (χ1v) is 11.1. The topological polar surface area (TPSA) is 69.7 Å². The van der Waals surface area contributed by atoms with Crippen LogP contribution in [0.1, 0.15) is 45.7 Å². The molecule has 1 N–H and O–H groups in total. The maximum Gasteiger partial charge on any atom is 0.322 e. The van der Waals surface area contributed by atoms with E-state index in [0.29, 0.717) is 36.4 Å². The van der Waals surface area contributed by atoms with Gasteiger partial charge >= 0.3 is 6.03 Å². The third kappa shape index (κ3) is 5.12. The number of amides is 4. The van der Waals surface area contributed by atoms with Crippen molar-refractivity contribution in [3.8, 4) is 0 Å². The lowest BCUT2D eigenvalue weighted by Crippen LogP contribution is -2.34. The Kier molecular flexibility index (Phi) is 6.54. The number of anilines is 1. The fourth-order valence-electron chi connectivity index (χ4n) is 3.91. The average molecular weight is 442 g/mol. The van der Waals surface area contributed by atoms with Crippen molar-refractivity contribution in [2.45, 2.75) is 26.9 Å². The summed E-state index contributed by atoms with van der Waals surface area (Å²) in [6.07, 6.45) is 0. The Morgan fingerprint density at radius 3 is 1.91 bits per heavy atom. The number of benzene rings is 3. The van der Waals surface area contributed by atoms with Crippen molar-refractivity contribution >= 4 is 23.5 Å². The predicted molar refractivity (Wildman–Crippen MR) is 128 cm³/mol. The lowest BCUT2D eigenvalue weighted by molar-refractivity contribution is 0.0636. The van der Waals surface area contributed by atoms with Crippen molar-refractivity contribution in [1.29, 1.82) is 0 Å². The third-order valence-electron chi connectivity index (χ3n) is 5.49. The molecular formula is C27H27N3O3. The van der Waals surface area contributed by atoms with Crippen molar-refractivity contribution in [2.75, 3.05) is 11.9 Å². The summed E-state index contributed by atoms with van der Waals surface area (Å²) in [7, 11) is 0. The zero-order chi connectivity index (χ0) is 23.4. The fraction of sp³-hybridized carbons (Fsp3) is 0.222. The molecule has 33 heavy (non-hydrogen) atoms. The van der Waals surface area contributed by atoms with Crippen LogP contribution in [0.5, 0.6) is 0 Å². The van der Waals surface area contributed by atoms with E-state index in [1.54, 1.807) is 23.1 Å². The molecule has 0 unspecified atom stereocenters. The van der Waals surface area contributed by atoms with Gasteiger partial charge in [-0.3, -0.25) is 14.5 Å². The molecule has 0 saturated carbocycles. The number of imide groups is 1. The first kappa shape index (κ1) is 22.3. The highest BCUT2D eigenvalue weighted by atomic mass is 16.2. The van der Waals surface area contributed by atoms with Gasteiger partial charge in [0.2, 0.25) is 0 Å². The minimum Gasteiger partial charge on any atom is -0.316 e. The van der Waals surface area contributed by atoms with E-state index < -0.39 is 0 Å². The highest BCUT2D eigenvalue weighted by Crippen LogP contribution is 2.27. The lowest BCUT2D eigenvalue weighted by atomic mass is 10.1. The molecule has 3 aromatic rings.